The zero-order valence-corrected chi connectivity index (χ0v) is 38.5. The molecule has 4 aliphatic rings. The summed E-state index contributed by atoms with van der Waals surface area (Å²) in [6, 6.07) is 16.7. The number of benzene rings is 2. The molecule has 14 nitrogen and oxygen atoms in total. The summed E-state index contributed by atoms with van der Waals surface area (Å²) < 4.78 is 14.2. The van der Waals surface area contributed by atoms with E-state index >= 15 is 0 Å². The van der Waals surface area contributed by atoms with Gasteiger partial charge in [-0.15, -0.1) is 0 Å². The second kappa shape index (κ2) is 18.9. The minimum Gasteiger partial charge on any atom is -0.463 e. The Balaban J connectivity index is 1.18. The second-order valence-corrected chi connectivity index (χ2v) is 18.9. The average molecular weight is 887 g/mol. The average Bonchev–Trinajstić information content (AvgIpc) is 4.05. The standard InChI is InChI=1S/C51H62N6O8/c1-8-43(58)54-23-20-36(29-54)48(60)56-24-19-31(3)45(56)47(59)53-40-26-33-13-10-14-34(25-33)35-17-18-41-38(27-35)39(46(55(41)9-2)37-15-11-21-52-44(37)32(4)63-7)28-51(5,6)30-64-50(62)42-16-12-22-57(65-42)49(40)61/h8,10-11,13-15,17-18,21,25,27,31-32,36,40,42,45H,1,9,12,16,19-20,22-24,26,28-30H2,2-7H3,(H,53,59)/t31-,32-,36-,40-,42-,45-/m0/s1. The topological polar surface area (TPSA) is 153 Å². The van der Waals surface area contributed by atoms with E-state index < -0.39 is 47.3 Å². The number of aryl methyl sites for hydroxylation is 1. The van der Waals surface area contributed by atoms with Crippen molar-refractivity contribution < 1.29 is 38.3 Å². The molecule has 4 amide bonds. The van der Waals surface area contributed by atoms with Crippen LogP contribution in [0.2, 0.25) is 0 Å². The highest BCUT2D eigenvalue weighted by molar-refractivity contribution is 5.96. The fraction of sp³-hybridized carbons (Fsp3) is 0.490. The highest BCUT2D eigenvalue weighted by Crippen LogP contribution is 2.42. The summed E-state index contributed by atoms with van der Waals surface area (Å²) in [7, 11) is 1.69. The van der Waals surface area contributed by atoms with E-state index in [-0.39, 0.29) is 50.0 Å². The number of carbonyl (C=O) groups excluding carboxylic acids is 5. The van der Waals surface area contributed by atoms with E-state index in [9.17, 15) is 24.0 Å². The van der Waals surface area contributed by atoms with E-state index in [1.165, 1.54) is 11.1 Å². The molecule has 0 unspecified atom stereocenters. The molecule has 1 N–H and O–H groups in total. The number of nitrogens with one attached hydrogen (secondary N) is 1. The van der Waals surface area contributed by atoms with Gasteiger partial charge in [0.15, 0.2) is 6.10 Å². The van der Waals surface area contributed by atoms with Crippen molar-refractivity contribution in [2.24, 2.45) is 17.3 Å². The van der Waals surface area contributed by atoms with E-state index in [1.807, 2.05) is 38.1 Å². The minimum absolute atomic E-state index is 0.102. The normalized spacial score (nSPS) is 24.1. The van der Waals surface area contributed by atoms with Crippen LogP contribution in [-0.2, 0) is 57.7 Å². The quantitative estimate of drug-likeness (QED) is 0.156. The van der Waals surface area contributed by atoms with Crippen LogP contribution in [-0.4, -0.2) is 112 Å². The van der Waals surface area contributed by atoms with Crippen LogP contribution in [0.4, 0.5) is 0 Å². The molecule has 2 aromatic carbocycles. The maximum atomic E-state index is 14.6. The lowest BCUT2D eigenvalue weighted by Gasteiger charge is -2.35. The molecule has 65 heavy (non-hydrogen) atoms. The molecule has 3 saturated heterocycles. The molecule has 4 aliphatic heterocycles. The van der Waals surface area contributed by atoms with E-state index in [0.29, 0.717) is 51.7 Å². The number of amides is 4. The zero-order chi connectivity index (χ0) is 46.2. The smallest absolute Gasteiger partial charge is 0.338 e. The number of ether oxygens (including phenoxy) is 2. The molecule has 6 atom stereocenters. The van der Waals surface area contributed by atoms with Gasteiger partial charge < -0.3 is 29.2 Å². The van der Waals surface area contributed by atoms with Crippen molar-refractivity contribution in [1.82, 2.24) is 29.7 Å². The summed E-state index contributed by atoms with van der Waals surface area (Å²) >= 11 is 0. The predicted octanol–water partition coefficient (Wildman–Crippen LogP) is 6.44. The van der Waals surface area contributed by atoms with E-state index in [0.717, 1.165) is 50.1 Å². The van der Waals surface area contributed by atoms with E-state index in [2.05, 4.69) is 67.6 Å². The number of hydrogen-bond donors (Lipinski definition) is 1. The number of esters is 1. The minimum atomic E-state index is -1.08. The van der Waals surface area contributed by atoms with Crippen LogP contribution < -0.4 is 5.32 Å². The van der Waals surface area contributed by atoms with Crippen molar-refractivity contribution in [1.29, 1.82) is 0 Å². The second-order valence-electron chi connectivity index (χ2n) is 18.9. The van der Waals surface area contributed by atoms with Gasteiger partial charge in [-0.2, -0.15) is 0 Å². The van der Waals surface area contributed by atoms with Crippen LogP contribution in [0, 0.1) is 17.3 Å². The van der Waals surface area contributed by atoms with Gasteiger partial charge in [-0.25, -0.2) is 9.86 Å². The largest absolute Gasteiger partial charge is 0.463 e. The lowest BCUT2D eigenvalue weighted by molar-refractivity contribution is -0.231. The van der Waals surface area contributed by atoms with Crippen LogP contribution in [0.15, 0.2) is 73.4 Å². The van der Waals surface area contributed by atoms with Crippen molar-refractivity contribution in [2.45, 2.75) is 104 Å². The molecule has 6 bridgehead atoms. The Morgan fingerprint density at radius 3 is 2.60 bits per heavy atom. The summed E-state index contributed by atoms with van der Waals surface area (Å²) in [5, 5.41) is 5.33. The first-order valence-corrected chi connectivity index (χ1v) is 23.1. The zero-order valence-electron chi connectivity index (χ0n) is 38.5. The van der Waals surface area contributed by atoms with Crippen LogP contribution in [0.25, 0.3) is 33.3 Å². The van der Waals surface area contributed by atoms with E-state index in [4.69, 9.17) is 19.3 Å². The number of pyridine rings is 1. The van der Waals surface area contributed by atoms with Gasteiger partial charge in [0, 0.05) is 74.3 Å². The fourth-order valence-electron chi connectivity index (χ4n) is 10.2. The van der Waals surface area contributed by atoms with Crippen LogP contribution in [0.1, 0.15) is 83.2 Å². The summed E-state index contributed by atoms with van der Waals surface area (Å²) in [6.07, 6.45) is 4.45. The monoisotopic (exact) mass is 886 g/mol. The number of nitrogens with zero attached hydrogens (tertiary/aromatic N) is 5. The molecule has 8 rings (SSSR count). The van der Waals surface area contributed by atoms with Crippen molar-refractivity contribution in [3.63, 3.8) is 0 Å². The maximum absolute atomic E-state index is 14.6. The number of hydroxylamine groups is 2. The van der Waals surface area contributed by atoms with Crippen LogP contribution >= 0.6 is 0 Å². The highest BCUT2D eigenvalue weighted by Gasteiger charge is 2.45. The van der Waals surface area contributed by atoms with Gasteiger partial charge in [0.1, 0.15) is 12.1 Å². The van der Waals surface area contributed by atoms with Crippen molar-refractivity contribution in [3.8, 4) is 22.4 Å². The van der Waals surface area contributed by atoms with Gasteiger partial charge in [0.05, 0.1) is 30.0 Å². The lowest BCUT2D eigenvalue weighted by Crippen LogP contribution is -2.57. The summed E-state index contributed by atoms with van der Waals surface area (Å²) in [5.41, 5.74) is 7.23. The molecule has 14 heteroatoms. The molecule has 3 fully saturated rings. The van der Waals surface area contributed by atoms with Crippen molar-refractivity contribution in [3.05, 3.63) is 90.3 Å². The molecule has 0 radical (unpaired) electrons. The summed E-state index contributed by atoms with van der Waals surface area (Å²) in [5.74, 6) is -2.47. The first-order valence-electron chi connectivity index (χ1n) is 23.1. The molecular weight excluding hydrogens is 825 g/mol. The molecule has 0 saturated carbocycles. The molecule has 0 aliphatic carbocycles. The third-order valence-corrected chi connectivity index (χ3v) is 13.8. The number of aromatic nitrogens is 2. The predicted molar refractivity (Wildman–Crippen MR) is 246 cm³/mol. The Kier molecular flexibility index (Phi) is 13.3. The maximum Gasteiger partial charge on any atom is 0.338 e. The summed E-state index contributed by atoms with van der Waals surface area (Å²) in [4.78, 5) is 83.5. The molecule has 4 aromatic rings. The van der Waals surface area contributed by atoms with Crippen LogP contribution in [0.5, 0.6) is 0 Å². The Morgan fingerprint density at radius 2 is 1.83 bits per heavy atom. The SMILES string of the molecule is C=CC(=O)N1CC[C@H](C(=O)N2CC[C@H](C)[C@H]2C(=O)N[C@H]2Cc3cccc(c3)-c3ccc4c(c3)c(c(-c3cccnc3[C@H](C)OC)n4CC)CC(C)(C)COC(=O)[C@@H]3CCCN(O3)C2=O)C1. The lowest BCUT2D eigenvalue weighted by atomic mass is 9.84. The Bertz CT molecular complexity index is 2500. The van der Waals surface area contributed by atoms with Gasteiger partial charge in [-0.1, -0.05) is 57.7 Å². The van der Waals surface area contributed by atoms with Gasteiger partial charge in [-0.05, 0) is 104 Å². The number of likely N-dealkylation sites (tertiary alicyclic amines) is 2. The van der Waals surface area contributed by atoms with E-state index in [1.54, 1.807) is 23.1 Å². The first kappa shape index (κ1) is 45.7. The van der Waals surface area contributed by atoms with Gasteiger partial charge in [0.2, 0.25) is 17.7 Å². The number of hydrogen-bond acceptors (Lipinski definition) is 9. The van der Waals surface area contributed by atoms with Gasteiger partial charge in [0.25, 0.3) is 5.91 Å². The Morgan fingerprint density at radius 1 is 1.03 bits per heavy atom. The molecule has 0 spiro atoms. The summed E-state index contributed by atoms with van der Waals surface area (Å²) in [6.45, 7) is 16.0. The number of rotatable bonds is 8. The molecule has 2 aromatic heterocycles. The molecule has 6 heterocycles. The Hall–Kier alpha value is -5.86. The fourth-order valence-corrected chi connectivity index (χ4v) is 10.2. The van der Waals surface area contributed by atoms with Crippen LogP contribution in [0.3, 0.4) is 0 Å². The third kappa shape index (κ3) is 9.20. The van der Waals surface area contributed by atoms with Crippen molar-refractivity contribution >= 4 is 40.5 Å². The van der Waals surface area contributed by atoms with Gasteiger partial charge >= 0.3 is 5.97 Å². The van der Waals surface area contributed by atoms with Gasteiger partial charge in [-0.3, -0.25) is 29.0 Å². The Labute approximate surface area is 381 Å². The molecule has 344 valence electrons. The first-order chi connectivity index (χ1) is 31.2. The number of fused-ring (bicyclic) bond motifs is 6. The number of methoxy groups -OCH3 is 1. The number of carbonyl (C=O) groups is 5. The molecular formula is C51H62N6O8. The van der Waals surface area contributed by atoms with Crippen molar-refractivity contribution in [2.75, 3.05) is 39.9 Å². The highest BCUT2D eigenvalue weighted by atomic mass is 16.7. The number of cyclic esters (lactones) is 1. The third-order valence-electron chi connectivity index (χ3n) is 13.8.